The van der Waals surface area contributed by atoms with E-state index in [1.807, 2.05) is 84.0 Å². The number of hydrogen-bond donors (Lipinski definition) is 0. The smallest absolute Gasteiger partial charge is 0.186 e. The molecule has 0 radical (unpaired) electrons. The van der Waals surface area contributed by atoms with Gasteiger partial charge < -0.3 is 0 Å². The van der Waals surface area contributed by atoms with E-state index in [0.717, 1.165) is 75.1 Å². The minimum atomic E-state index is -0.316. The van der Waals surface area contributed by atoms with Crippen LogP contribution in [0.25, 0.3) is 11.1 Å². The van der Waals surface area contributed by atoms with Crippen molar-refractivity contribution in [2.75, 3.05) is 0 Å². The first-order valence-electron chi connectivity index (χ1n) is 18.3. The van der Waals surface area contributed by atoms with E-state index < -0.39 is 0 Å². The number of allylic oxidation sites excluding steroid dienone is 10. The van der Waals surface area contributed by atoms with Gasteiger partial charge in [-0.1, -0.05) is 112 Å². The number of carbonyl (C=O) groups excluding carboxylic acids is 2. The Bertz CT molecular complexity index is 2060. The number of nitrogens with zero attached hydrogens (tertiary/aromatic N) is 4. The highest BCUT2D eigenvalue weighted by Gasteiger charge is 2.35. The van der Waals surface area contributed by atoms with Gasteiger partial charge in [-0.05, 0) is 111 Å². The Morgan fingerprint density at radius 1 is 0.528 bits per heavy atom. The molecule has 0 aromatic heterocycles. The van der Waals surface area contributed by atoms with E-state index in [4.69, 9.17) is 23.2 Å². The van der Waals surface area contributed by atoms with Crippen LogP contribution >= 0.6 is 23.2 Å². The summed E-state index contributed by atoms with van der Waals surface area (Å²) < 4.78 is 0. The fourth-order valence-corrected chi connectivity index (χ4v) is 7.31. The maximum absolute atomic E-state index is 13.3. The van der Waals surface area contributed by atoms with Gasteiger partial charge in [-0.2, -0.15) is 15.3 Å². The number of carbonyl (C=O) groups is 2. The van der Waals surface area contributed by atoms with E-state index in [2.05, 4.69) is 62.0 Å². The van der Waals surface area contributed by atoms with Gasteiger partial charge in [-0.3, -0.25) is 9.59 Å². The molecule has 0 heterocycles. The molecule has 2 aromatic carbocycles. The average molecular weight is 752 g/mol. The molecule has 6 nitrogen and oxygen atoms in total. The summed E-state index contributed by atoms with van der Waals surface area (Å²) in [6.07, 6.45) is 13.9. The van der Waals surface area contributed by atoms with Crippen molar-refractivity contribution in [1.29, 1.82) is 0 Å². The molecule has 0 atom stereocenters. The summed E-state index contributed by atoms with van der Waals surface area (Å²) in [5.74, 6) is 0.166. The molecule has 5 rings (SSSR count). The number of hydrogen-bond acceptors (Lipinski definition) is 6. The number of Topliss-reactive ketones (excluding diaryl/α,β-unsaturated/α-hetero) is 2. The van der Waals surface area contributed by atoms with Gasteiger partial charge in [0, 0.05) is 27.9 Å². The van der Waals surface area contributed by atoms with Crippen molar-refractivity contribution >= 4 is 46.1 Å². The van der Waals surface area contributed by atoms with Gasteiger partial charge in [0.2, 0.25) is 0 Å². The number of halogens is 2. The van der Waals surface area contributed by atoms with E-state index in [-0.39, 0.29) is 33.2 Å². The molecule has 0 aliphatic heterocycles. The van der Waals surface area contributed by atoms with Crippen LogP contribution in [0.5, 0.6) is 0 Å². The van der Waals surface area contributed by atoms with E-state index in [0.29, 0.717) is 15.7 Å². The third kappa shape index (κ3) is 8.87. The van der Waals surface area contributed by atoms with Gasteiger partial charge in [0.25, 0.3) is 0 Å². The number of benzene rings is 2. The van der Waals surface area contributed by atoms with Gasteiger partial charge in [0.15, 0.2) is 11.6 Å². The summed E-state index contributed by atoms with van der Waals surface area (Å²) in [7, 11) is 0. The molecule has 0 unspecified atom stereocenters. The van der Waals surface area contributed by atoms with Crippen molar-refractivity contribution < 1.29 is 9.59 Å². The number of rotatable bonds is 5. The Balaban J connectivity index is 1.44. The first-order valence-corrected chi connectivity index (χ1v) is 19.1. The lowest BCUT2D eigenvalue weighted by atomic mass is 9.72. The van der Waals surface area contributed by atoms with Crippen LogP contribution in [0.2, 0.25) is 10.0 Å². The second kappa shape index (κ2) is 14.7. The molecule has 278 valence electrons. The average Bonchev–Trinajstić information content (AvgIpc) is 3.52. The van der Waals surface area contributed by atoms with E-state index in [1.165, 1.54) is 5.56 Å². The highest BCUT2D eigenvalue weighted by Crippen LogP contribution is 2.44. The zero-order chi connectivity index (χ0) is 39.3. The molecule has 3 aliphatic rings. The molecule has 0 amide bonds. The van der Waals surface area contributed by atoms with Crippen LogP contribution in [-0.4, -0.2) is 11.6 Å². The molecule has 0 saturated heterocycles. The van der Waals surface area contributed by atoms with Crippen molar-refractivity contribution in [3.8, 4) is 11.1 Å². The Morgan fingerprint density at radius 3 is 1.38 bits per heavy atom. The standard InChI is InChI=1S/C45H52Cl2N4O2/c1-42(2,3)32-18-26(19-33(40(32)52)43(4,5)6)24-48-50-38-17-16-29(28-14-13-15-30(28)38)31-22-37(47)39(23-36(31)46)51-49-25-27-20-34(44(7,8)9)41(53)35(21-27)45(10,11)12/h16-25H,13-15H2,1-12H3. The molecule has 2 aromatic rings. The van der Waals surface area contributed by atoms with E-state index >= 15 is 0 Å². The molecule has 3 aliphatic carbocycles. The van der Waals surface area contributed by atoms with E-state index in [9.17, 15) is 9.59 Å². The minimum Gasteiger partial charge on any atom is -0.289 e. The molecule has 0 spiro atoms. The third-order valence-corrected chi connectivity index (χ3v) is 10.4. The van der Waals surface area contributed by atoms with Crippen molar-refractivity contribution in [2.24, 2.45) is 42.1 Å². The molecular weight excluding hydrogens is 699 g/mol. The highest BCUT2D eigenvalue weighted by atomic mass is 35.5. The highest BCUT2D eigenvalue weighted by molar-refractivity contribution is 6.37. The summed E-state index contributed by atoms with van der Waals surface area (Å²) in [6, 6.07) is 7.61. The van der Waals surface area contributed by atoms with Crippen LogP contribution in [0.4, 0.5) is 11.4 Å². The summed E-state index contributed by atoms with van der Waals surface area (Å²) >= 11 is 13.7. The number of fused-ring (bicyclic) bond motifs is 1. The monoisotopic (exact) mass is 750 g/mol. The van der Waals surface area contributed by atoms with Gasteiger partial charge in [0.05, 0.1) is 28.1 Å². The molecular formula is C45H52Cl2N4O2. The molecule has 8 heteroatoms. The van der Waals surface area contributed by atoms with Crippen LogP contribution in [-0.2, 0) is 22.4 Å². The van der Waals surface area contributed by atoms with Crippen LogP contribution < -0.4 is 0 Å². The summed E-state index contributed by atoms with van der Waals surface area (Å²) in [5.41, 5.74) is 8.94. The zero-order valence-electron chi connectivity index (χ0n) is 33.3. The predicted octanol–water partition coefficient (Wildman–Crippen LogP) is 14.1. The Morgan fingerprint density at radius 2 is 0.943 bits per heavy atom. The fraction of sp³-hybridized carbons (Fsp3) is 0.422. The predicted molar refractivity (Wildman–Crippen MR) is 219 cm³/mol. The molecule has 0 saturated carbocycles. The second-order valence-electron chi connectivity index (χ2n) is 18.3. The first kappa shape index (κ1) is 40.2. The normalized spacial score (nSPS) is 17.3. The molecule has 0 bridgehead atoms. The van der Waals surface area contributed by atoms with Crippen LogP contribution in [0.15, 0.2) is 115 Å². The van der Waals surface area contributed by atoms with Crippen molar-refractivity contribution in [2.45, 2.75) is 102 Å². The van der Waals surface area contributed by atoms with Crippen LogP contribution in [0, 0.1) is 21.7 Å². The topological polar surface area (TPSA) is 83.6 Å². The van der Waals surface area contributed by atoms with Crippen LogP contribution in [0.1, 0.15) is 101 Å². The Kier molecular flexibility index (Phi) is 11.1. The number of azo groups is 2. The van der Waals surface area contributed by atoms with Gasteiger partial charge in [-0.25, -0.2) is 0 Å². The third-order valence-electron chi connectivity index (χ3n) is 9.79. The van der Waals surface area contributed by atoms with Crippen LogP contribution in [0.3, 0.4) is 0 Å². The lowest BCUT2D eigenvalue weighted by Crippen LogP contribution is -2.27. The fourth-order valence-electron chi connectivity index (χ4n) is 6.85. The second-order valence-corrected chi connectivity index (χ2v) is 19.1. The lowest BCUT2D eigenvalue weighted by Gasteiger charge is -2.31. The SMILES string of the molecule is CC(C)(C)C1=CC(=CN=Nc2cc(Cl)c(-c3ccc(N=NC=C4C=C(C(C)(C)C)C(=O)C(C(C)(C)C)=C4)c4c3CCC4)cc2Cl)C=C(C(C)(C)C)C1=O. The van der Waals surface area contributed by atoms with Crippen molar-refractivity contribution in [3.63, 3.8) is 0 Å². The maximum atomic E-state index is 13.3. The molecule has 0 N–H and O–H groups in total. The van der Waals surface area contributed by atoms with Crippen molar-refractivity contribution in [1.82, 2.24) is 0 Å². The van der Waals surface area contributed by atoms with Crippen molar-refractivity contribution in [3.05, 3.63) is 116 Å². The largest absolute Gasteiger partial charge is 0.289 e. The summed E-state index contributed by atoms with van der Waals surface area (Å²) in [6.45, 7) is 24.6. The Hall–Kier alpha value is -4.00. The van der Waals surface area contributed by atoms with Gasteiger partial charge in [-0.15, -0.1) is 5.11 Å². The molecule has 53 heavy (non-hydrogen) atoms. The number of ketones is 2. The van der Waals surface area contributed by atoms with Gasteiger partial charge in [0.1, 0.15) is 5.69 Å². The summed E-state index contributed by atoms with van der Waals surface area (Å²) in [5, 5.41) is 18.9. The molecule has 0 fully saturated rings. The Labute approximate surface area is 325 Å². The summed E-state index contributed by atoms with van der Waals surface area (Å²) in [4.78, 5) is 26.6. The minimum absolute atomic E-state index is 0.0712. The first-order chi connectivity index (χ1) is 24.5. The van der Waals surface area contributed by atoms with E-state index in [1.54, 1.807) is 18.5 Å². The van der Waals surface area contributed by atoms with Gasteiger partial charge >= 0.3 is 0 Å². The maximum Gasteiger partial charge on any atom is 0.186 e. The lowest BCUT2D eigenvalue weighted by molar-refractivity contribution is -0.114. The zero-order valence-corrected chi connectivity index (χ0v) is 34.8. The quantitative estimate of drug-likeness (QED) is 0.285.